The van der Waals surface area contributed by atoms with Crippen LogP contribution in [0.4, 0.5) is 8.78 Å². The van der Waals surface area contributed by atoms with Gasteiger partial charge in [0.05, 0.1) is 5.54 Å². The van der Waals surface area contributed by atoms with E-state index in [9.17, 15) is 13.6 Å². The van der Waals surface area contributed by atoms with E-state index in [1.807, 2.05) is 0 Å². The minimum atomic E-state index is -0.752. The molecular formula is C14H15F2N5O. The van der Waals surface area contributed by atoms with Gasteiger partial charge in [-0.15, -0.1) is 5.10 Å². The van der Waals surface area contributed by atoms with Gasteiger partial charge < -0.3 is 5.32 Å². The monoisotopic (exact) mass is 307 g/mol. The second kappa shape index (κ2) is 5.78. The maximum absolute atomic E-state index is 13.9. The minimum Gasteiger partial charge on any atom is -0.346 e. The molecule has 1 aromatic carbocycles. The molecule has 116 valence electrons. The average molecular weight is 307 g/mol. The molecule has 1 aliphatic carbocycles. The van der Waals surface area contributed by atoms with Crippen LogP contribution in [0.15, 0.2) is 24.5 Å². The number of aromatic nitrogens is 4. The predicted octanol–water partition coefficient (Wildman–Crippen LogP) is 1.54. The molecule has 3 rings (SSSR count). The first-order valence-corrected chi connectivity index (χ1v) is 7.06. The first kappa shape index (κ1) is 14.6. The van der Waals surface area contributed by atoms with Crippen molar-refractivity contribution >= 4 is 5.91 Å². The molecule has 0 aliphatic heterocycles. The van der Waals surface area contributed by atoms with Gasteiger partial charge in [0.15, 0.2) is 0 Å². The average Bonchev–Trinajstić information content (AvgIpc) is 3.06. The quantitative estimate of drug-likeness (QED) is 0.878. The van der Waals surface area contributed by atoms with E-state index in [1.54, 1.807) is 0 Å². The zero-order chi connectivity index (χ0) is 15.6. The fourth-order valence-electron chi connectivity index (χ4n) is 2.46. The molecular weight excluding hydrogens is 292 g/mol. The summed E-state index contributed by atoms with van der Waals surface area (Å²) in [7, 11) is 0. The normalized spacial score (nSPS) is 15.5. The summed E-state index contributed by atoms with van der Waals surface area (Å²) < 4.78 is 28.7. The zero-order valence-electron chi connectivity index (χ0n) is 11.8. The minimum absolute atomic E-state index is 0.186. The second-order valence-corrected chi connectivity index (χ2v) is 5.43. The Bertz CT molecular complexity index is 670. The SMILES string of the molecule is O=C(CCCn1cnnn1)NC1(c2cc(F)ccc2F)CC1. The fourth-order valence-corrected chi connectivity index (χ4v) is 2.46. The summed E-state index contributed by atoms with van der Waals surface area (Å²) >= 11 is 0. The van der Waals surface area contributed by atoms with E-state index >= 15 is 0 Å². The predicted molar refractivity (Wildman–Crippen MR) is 72.5 cm³/mol. The van der Waals surface area contributed by atoms with Gasteiger partial charge in [-0.2, -0.15) is 0 Å². The number of carbonyl (C=O) groups is 1. The lowest BCUT2D eigenvalue weighted by Crippen LogP contribution is -2.35. The highest BCUT2D eigenvalue weighted by Crippen LogP contribution is 2.46. The van der Waals surface area contributed by atoms with Crippen LogP contribution in [0.3, 0.4) is 0 Å². The van der Waals surface area contributed by atoms with E-state index < -0.39 is 17.2 Å². The number of benzene rings is 1. The van der Waals surface area contributed by atoms with Crippen LogP contribution in [0.5, 0.6) is 0 Å². The lowest BCUT2D eigenvalue weighted by molar-refractivity contribution is -0.122. The van der Waals surface area contributed by atoms with E-state index in [0.717, 1.165) is 18.2 Å². The smallest absolute Gasteiger partial charge is 0.220 e. The maximum atomic E-state index is 13.9. The Morgan fingerprint density at radius 1 is 1.36 bits per heavy atom. The summed E-state index contributed by atoms with van der Waals surface area (Å²) in [4.78, 5) is 12.0. The van der Waals surface area contributed by atoms with Crippen molar-refractivity contribution in [3.8, 4) is 0 Å². The third-order valence-corrected chi connectivity index (χ3v) is 3.76. The molecule has 1 aliphatic rings. The summed E-state index contributed by atoms with van der Waals surface area (Å²) in [5.74, 6) is -1.18. The molecule has 1 aromatic heterocycles. The lowest BCUT2D eigenvalue weighted by Gasteiger charge is -2.18. The van der Waals surface area contributed by atoms with Crippen molar-refractivity contribution in [2.24, 2.45) is 0 Å². The van der Waals surface area contributed by atoms with Gasteiger partial charge in [0.1, 0.15) is 18.0 Å². The van der Waals surface area contributed by atoms with Gasteiger partial charge in [0, 0.05) is 18.5 Å². The number of carbonyl (C=O) groups excluding carboxylic acids is 1. The van der Waals surface area contributed by atoms with E-state index in [-0.39, 0.29) is 17.9 Å². The van der Waals surface area contributed by atoms with Crippen LogP contribution >= 0.6 is 0 Å². The van der Waals surface area contributed by atoms with Crippen LogP contribution in [0.1, 0.15) is 31.2 Å². The van der Waals surface area contributed by atoms with Crippen LogP contribution in [-0.2, 0) is 16.9 Å². The van der Waals surface area contributed by atoms with Gasteiger partial charge in [-0.05, 0) is 47.9 Å². The molecule has 1 amide bonds. The first-order chi connectivity index (χ1) is 10.6. The summed E-state index contributed by atoms with van der Waals surface area (Å²) in [5, 5.41) is 13.5. The maximum Gasteiger partial charge on any atom is 0.220 e. The van der Waals surface area contributed by atoms with Crippen LogP contribution < -0.4 is 5.32 Å². The van der Waals surface area contributed by atoms with Crippen molar-refractivity contribution in [1.82, 2.24) is 25.5 Å². The molecule has 1 saturated carbocycles. The third-order valence-electron chi connectivity index (χ3n) is 3.76. The van der Waals surface area contributed by atoms with Crippen molar-refractivity contribution in [2.75, 3.05) is 0 Å². The number of hydrogen-bond acceptors (Lipinski definition) is 4. The molecule has 0 saturated heterocycles. The summed E-state index contributed by atoms with van der Waals surface area (Å²) in [6.07, 6.45) is 3.55. The molecule has 8 heteroatoms. The van der Waals surface area contributed by atoms with Crippen molar-refractivity contribution in [3.63, 3.8) is 0 Å². The Kier molecular flexibility index (Phi) is 3.82. The van der Waals surface area contributed by atoms with E-state index in [2.05, 4.69) is 20.8 Å². The number of aryl methyl sites for hydroxylation is 1. The molecule has 0 unspecified atom stereocenters. The molecule has 0 bridgehead atoms. The fraction of sp³-hybridized carbons (Fsp3) is 0.429. The van der Waals surface area contributed by atoms with Gasteiger partial charge >= 0.3 is 0 Å². The van der Waals surface area contributed by atoms with E-state index in [4.69, 9.17) is 0 Å². The van der Waals surface area contributed by atoms with Crippen LogP contribution in [0, 0.1) is 11.6 Å². The third kappa shape index (κ3) is 3.10. The molecule has 1 fully saturated rings. The van der Waals surface area contributed by atoms with Gasteiger partial charge in [-0.1, -0.05) is 0 Å². The number of nitrogens with one attached hydrogen (secondary N) is 1. The molecule has 1 heterocycles. The molecule has 0 radical (unpaired) electrons. The number of halogens is 2. The van der Waals surface area contributed by atoms with Crippen molar-refractivity contribution in [2.45, 2.75) is 37.8 Å². The summed E-state index contributed by atoms with van der Waals surface area (Å²) in [5.41, 5.74) is -0.528. The Morgan fingerprint density at radius 2 is 2.18 bits per heavy atom. The van der Waals surface area contributed by atoms with Gasteiger partial charge in [0.2, 0.25) is 5.91 Å². The Hall–Kier alpha value is -2.38. The van der Waals surface area contributed by atoms with Crippen molar-refractivity contribution in [3.05, 3.63) is 41.7 Å². The highest BCUT2D eigenvalue weighted by molar-refractivity contribution is 5.77. The van der Waals surface area contributed by atoms with Gasteiger partial charge in [-0.25, -0.2) is 13.5 Å². The molecule has 6 nitrogen and oxygen atoms in total. The number of rotatable bonds is 6. The first-order valence-electron chi connectivity index (χ1n) is 7.06. The second-order valence-electron chi connectivity index (χ2n) is 5.43. The van der Waals surface area contributed by atoms with Crippen LogP contribution in [0.2, 0.25) is 0 Å². The molecule has 2 aromatic rings. The molecule has 22 heavy (non-hydrogen) atoms. The Balaban J connectivity index is 1.57. The van der Waals surface area contributed by atoms with Crippen LogP contribution in [-0.4, -0.2) is 26.1 Å². The van der Waals surface area contributed by atoms with Crippen LogP contribution in [0.25, 0.3) is 0 Å². The number of nitrogens with zero attached hydrogens (tertiary/aromatic N) is 4. The van der Waals surface area contributed by atoms with E-state index in [1.165, 1.54) is 11.0 Å². The number of tetrazole rings is 1. The zero-order valence-corrected chi connectivity index (χ0v) is 11.8. The summed E-state index contributed by atoms with van der Waals surface area (Å²) in [6, 6.07) is 3.32. The standard InChI is InChI=1S/C14H15F2N5O/c15-10-3-4-12(16)11(8-10)14(5-6-14)18-13(22)2-1-7-21-9-17-19-20-21/h3-4,8-9H,1-2,5-7H2,(H,18,22). The Labute approximate surface area is 125 Å². The highest BCUT2D eigenvalue weighted by Gasteiger charge is 2.47. The van der Waals surface area contributed by atoms with Gasteiger partial charge in [-0.3, -0.25) is 4.79 Å². The molecule has 0 spiro atoms. The summed E-state index contributed by atoms with van der Waals surface area (Å²) in [6.45, 7) is 0.530. The topological polar surface area (TPSA) is 72.7 Å². The van der Waals surface area contributed by atoms with Gasteiger partial charge in [0.25, 0.3) is 0 Å². The largest absolute Gasteiger partial charge is 0.346 e. The lowest BCUT2D eigenvalue weighted by atomic mass is 10.0. The number of amides is 1. The van der Waals surface area contributed by atoms with Crippen molar-refractivity contribution < 1.29 is 13.6 Å². The number of hydrogen-bond donors (Lipinski definition) is 1. The highest BCUT2D eigenvalue weighted by atomic mass is 19.1. The van der Waals surface area contributed by atoms with E-state index in [0.29, 0.717) is 25.8 Å². The molecule has 0 atom stereocenters. The molecule has 1 N–H and O–H groups in total. The van der Waals surface area contributed by atoms with Crippen molar-refractivity contribution in [1.29, 1.82) is 0 Å². The Morgan fingerprint density at radius 3 is 2.86 bits per heavy atom.